The van der Waals surface area contributed by atoms with Crippen LogP contribution >= 0.6 is 0 Å². The molecule has 0 amide bonds. The molecule has 3 nitrogen and oxygen atoms in total. The third-order valence-electron chi connectivity index (χ3n) is 3.56. The van der Waals surface area contributed by atoms with Gasteiger partial charge in [0.2, 0.25) is 0 Å². The Hall–Kier alpha value is -2.42. The van der Waals surface area contributed by atoms with E-state index in [0.29, 0.717) is 0 Å². The van der Waals surface area contributed by atoms with Crippen LogP contribution in [0.1, 0.15) is 30.0 Å². The Morgan fingerprint density at radius 2 is 1.35 bits per heavy atom. The Labute approximate surface area is 138 Å². The maximum Gasteiger partial charge on any atom is 0.118 e. The molecule has 2 aromatic carbocycles. The van der Waals surface area contributed by atoms with Gasteiger partial charge < -0.3 is 4.74 Å². The highest BCUT2D eigenvalue weighted by molar-refractivity contribution is 5.80. The molecule has 3 heteroatoms. The fourth-order valence-electron chi connectivity index (χ4n) is 2.12. The van der Waals surface area contributed by atoms with E-state index in [2.05, 4.69) is 41.2 Å². The molecule has 0 radical (unpaired) electrons. The van der Waals surface area contributed by atoms with Crippen molar-refractivity contribution >= 4 is 12.4 Å². The summed E-state index contributed by atoms with van der Waals surface area (Å²) in [4.78, 5) is 8.87. The highest BCUT2D eigenvalue weighted by atomic mass is 16.5. The van der Waals surface area contributed by atoms with Crippen molar-refractivity contribution in [3.05, 3.63) is 65.2 Å². The summed E-state index contributed by atoms with van der Waals surface area (Å²) < 4.78 is 5.13. The van der Waals surface area contributed by atoms with E-state index in [1.54, 1.807) is 7.11 Å². The van der Waals surface area contributed by atoms with Gasteiger partial charge in [-0.05, 0) is 53.8 Å². The standard InChI is InChI=1S/C20H24N2O/c1-3-17-5-7-18(8-6-17)15-21-13-4-14-22-16-19-9-11-20(23-2)12-10-19/h5-12,15-16H,3-4,13-14H2,1-2H3. The smallest absolute Gasteiger partial charge is 0.118 e. The monoisotopic (exact) mass is 308 g/mol. The van der Waals surface area contributed by atoms with Crippen molar-refractivity contribution in [3.8, 4) is 5.75 Å². The summed E-state index contributed by atoms with van der Waals surface area (Å²) in [6.07, 6.45) is 5.86. The van der Waals surface area contributed by atoms with Gasteiger partial charge in [0.05, 0.1) is 7.11 Å². The lowest BCUT2D eigenvalue weighted by Crippen LogP contribution is -1.90. The highest BCUT2D eigenvalue weighted by Crippen LogP contribution is 2.09. The lowest BCUT2D eigenvalue weighted by Gasteiger charge is -1.99. The molecule has 2 aromatic rings. The van der Waals surface area contributed by atoms with Crippen molar-refractivity contribution in [1.82, 2.24) is 0 Å². The van der Waals surface area contributed by atoms with Crippen LogP contribution in [0.3, 0.4) is 0 Å². The summed E-state index contributed by atoms with van der Waals surface area (Å²) in [5.41, 5.74) is 3.60. The van der Waals surface area contributed by atoms with Crippen LogP contribution in [0.5, 0.6) is 5.75 Å². The predicted molar refractivity (Wildman–Crippen MR) is 98.4 cm³/mol. The van der Waals surface area contributed by atoms with Crippen LogP contribution in [0, 0.1) is 0 Å². The molecule has 23 heavy (non-hydrogen) atoms. The van der Waals surface area contributed by atoms with E-state index >= 15 is 0 Å². The summed E-state index contributed by atoms with van der Waals surface area (Å²) >= 11 is 0. The Bertz CT molecular complexity index is 570. The average molecular weight is 308 g/mol. The summed E-state index contributed by atoms with van der Waals surface area (Å²) in [5, 5.41) is 0. The van der Waals surface area contributed by atoms with Crippen molar-refractivity contribution in [3.63, 3.8) is 0 Å². The van der Waals surface area contributed by atoms with Crippen LogP contribution in [0.2, 0.25) is 0 Å². The minimum absolute atomic E-state index is 0.790. The first-order chi connectivity index (χ1) is 11.3. The highest BCUT2D eigenvalue weighted by Gasteiger charge is 1.91. The molecule has 0 aliphatic heterocycles. The summed E-state index contributed by atoms with van der Waals surface area (Å²) in [7, 11) is 1.67. The van der Waals surface area contributed by atoms with Crippen molar-refractivity contribution in [1.29, 1.82) is 0 Å². The molecule has 0 N–H and O–H groups in total. The number of nitrogens with zero attached hydrogens (tertiary/aromatic N) is 2. The predicted octanol–water partition coefficient (Wildman–Crippen LogP) is 4.19. The van der Waals surface area contributed by atoms with E-state index in [4.69, 9.17) is 4.74 Å². The molecule has 0 aliphatic carbocycles. The Morgan fingerprint density at radius 1 is 0.826 bits per heavy atom. The fraction of sp³-hybridized carbons (Fsp3) is 0.300. The number of methoxy groups -OCH3 is 1. The third-order valence-corrected chi connectivity index (χ3v) is 3.56. The topological polar surface area (TPSA) is 34.0 Å². The summed E-state index contributed by atoms with van der Waals surface area (Å²) in [6, 6.07) is 16.4. The second-order valence-corrected chi connectivity index (χ2v) is 5.29. The van der Waals surface area contributed by atoms with Crippen LogP contribution in [-0.4, -0.2) is 32.6 Å². The number of hydrogen-bond donors (Lipinski definition) is 0. The molecule has 0 spiro atoms. The van der Waals surface area contributed by atoms with Crippen molar-refractivity contribution in [2.24, 2.45) is 9.98 Å². The van der Waals surface area contributed by atoms with Gasteiger partial charge in [0.25, 0.3) is 0 Å². The van der Waals surface area contributed by atoms with Gasteiger partial charge in [-0.25, -0.2) is 0 Å². The molecule has 0 unspecified atom stereocenters. The first-order valence-corrected chi connectivity index (χ1v) is 8.04. The van der Waals surface area contributed by atoms with Crippen LogP contribution in [-0.2, 0) is 6.42 Å². The number of ether oxygens (including phenoxy) is 1. The van der Waals surface area contributed by atoms with Crippen LogP contribution in [0.4, 0.5) is 0 Å². The number of benzene rings is 2. The molecule has 0 aromatic heterocycles. The number of aliphatic imine (C=N–C) groups is 2. The second kappa shape index (κ2) is 9.57. The maximum absolute atomic E-state index is 5.13. The van der Waals surface area contributed by atoms with Gasteiger partial charge in [-0.1, -0.05) is 31.2 Å². The quantitative estimate of drug-likeness (QED) is 0.532. The van der Waals surface area contributed by atoms with Gasteiger partial charge in [0.15, 0.2) is 0 Å². The minimum atomic E-state index is 0.790. The molecule has 0 fully saturated rings. The Kier molecular flexibility index (Phi) is 7.05. The molecular formula is C20H24N2O. The molecule has 2 rings (SSSR count). The van der Waals surface area contributed by atoms with E-state index in [9.17, 15) is 0 Å². The summed E-state index contributed by atoms with van der Waals surface area (Å²) in [5.74, 6) is 0.864. The molecule has 0 saturated carbocycles. The van der Waals surface area contributed by atoms with E-state index < -0.39 is 0 Å². The zero-order valence-corrected chi connectivity index (χ0v) is 13.9. The van der Waals surface area contributed by atoms with Gasteiger partial charge in [-0.3, -0.25) is 9.98 Å². The SMILES string of the molecule is CCc1ccc(C=NCCCN=Cc2ccc(OC)cc2)cc1. The largest absolute Gasteiger partial charge is 0.497 e. The zero-order valence-electron chi connectivity index (χ0n) is 13.9. The van der Waals surface area contributed by atoms with E-state index in [1.807, 2.05) is 36.7 Å². The minimum Gasteiger partial charge on any atom is -0.497 e. The molecule has 0 saturated heterocycles. The first kappa shape index (κ1) is 16.9. The van der Waals surface area contributed by atoms with Crippen molar-refractivity contribution in [2.45, 2.75) is 19.8 Å². The first-order valence-electron chi connectivity index (χ1n) is 8.04. The lowest BCUT2D eigenvalue weighted by molar-refractivity contribution is 0.415. The Morgan fingerprint density at radius 3 is 1.83 bits per heavy atom. The van der Waals surface area contributed by atoms with Crippen LogP contribution < -0.4 is 4.74 Å². The van der Waals surface area contributed by atoms with Gasteiger partial charge in [0, 0.05) is 25.5 Å². The van der Waals surface area contributed by atoms with E-state index in [0.717, 1.165) is 42.8 Å². The molecule has 120 valence electrons. The normalized spacial score (nSPS) is 11.4. The average Bonchev–Trinajstić information content (AvgIpc) is 2.62. The van der Waals surface area contributed by atoms with E-state index in [1.165, 1.54) is 5.56 Å². The van der Waals surface area contributed by atoms with Crippen LogP contribution in [0.15, 0.2) is 58.5 Å². The van der Waals surface area contributed by atoms with Crippen molar-refractivity contribution < 1.29 is 4.74 Å². The fourth-order valence-corrected chi connectivity index (χ4v) is 2.12. The Balaban J connectivity index is 1.68. The lowest BCUT2D eigenvalue weighted by atomic mass is 10.1. The van der Waals surface area contributed by atoms with Gasteiger partial charge in [-0.15, -0.1) is 0 Å². The second-order valence-electron chi connectivity index (χ2n) is 5.29. The third kappa shape index (κ3) is 6.07. The van der Waals surface area contributed by atoms with Gasteiger partial charge in [-0.2, -0.15) is 0 Å². The zero-order chi connectivity index (χ0) is 16.3. The molecular weight excluding hydrogens is 284 g/mol. The summed E-state index contributed by atoms with van der Waals surface area (Å²) in [6.45, 7) is 3.75. The number of aryl methyl sites for hydroxylation is 1. The molecule has 0 aliphatic rings. The number of hydrogen-bond acceptors (Lipinski definition) is 3. The van der Waals surface area contributed by atoms with Crippen molar-refractivity contribution in [2.75, 3.05) is 20.2 Å². The van der Waals surface area contributed by atoms with E-state index in [-0.39, 0.29) is 0 Å². The van der Waals surface area contributed by atoms with Gasteiger partial charge >= 0.3 is 0 Å². The molecule has 0 atom stereocenters. The van der Waals surface area contributed by atoms with Gasteiger partial charge in [0.1, 0.15) is 5.75 Å². The number of rotatable bonds is 8. The molecule has 0 bridgehead atoms. The maximum atomic E-state index is 5.13. The molecule has 0 heterocycles. The van der Waals surface area contributed by atoms with Crippen LogP contribution in [0.25, 0.3) is 0 Å².